The van der Waals surface area contributed by atoms with Crippen LogP contribution in [0.1, 0.15) is 28.0 Å². The lowest BCUT2D eigenvalue weighted by atomic mass is 9.88. The van der Waals surface area contributed by atoms with Crippen LogP contribution in [0.3, 0.4) is 0 Å². The van der Waals surface area contributed by atoms with Crippen LogP contribution in [0.5, 0.6) is 0 Å². The fourth-order valence-corrected chi connectivity index (χ4v) is 4.87. The number of aliphatic hydroxyl groups excluding tert-OH is 2. The molecule has 174 valence electrons. The van der Waals surface area contributed by atoms with Crippen LogP contribution >= 0.6 is 11.3 Å². The number of ether oxygens (including phenoxy) is 1. The highest BCUT2D eigenvalue weighted by molar-refractivity contribution is 7.16. The van der Waals surface area contributed by atoms with Gasteiger partial charge in [-0.25, -0.2) is 4.79 Å². The molecule has 2 heterocycles. The van der Waals surface area contributed by atoms with Gasteiger partial charge in [-0.3, -0.25) is 9.78 Å². The third kappa shape index (κ3) is 6.61. The number of pyridine rings is 1. The van der Waals surface area contributed by atoms with Gasteiger partial charge in [-0.15, -0.1) is 11.3 Å². The molecule has 3 N–H and O–H groups in total. The Morgan fingerprint density at radius 3 is 3.03 bits per heavy atom. The second-order valence-electron chi connectivity index (χ2n) is 7.83. The standard InChI is InChI=1S/C23H26N4O5S/c1-27(12-17(29)13-28)23(31)32-14-16-4-6-18-19(10-24)22(33-20(18)9-16)26-21(30)7-5-15-3-2-8-25-11-15/h2-3,5,7-8,11,16-17,28-29H,4,6,9,12-14H2,1H3,(H,26,30). The number of likely N-dealkylation sites (N-methyl/N-ethyl adjacent to an activating group) is 1. The monoisotopic (exact) mass is 470 g/mol. The van der Waals surface area contributed by atoms with E-state index < -0.39 is 18.8 Å². The van der Waals surface area contributed by atoms with Crippen molar-refractivity contribution in [3.63, 3.8) is 0 Å². The Balaban J connectivity index is 1.59. The van der Waals surface area contributed by atoms with E-state index in [0.717, 1.165) is 22.4 Å². The van der Waals surface area contributed by atoms with Gasteiger partial charge in [0.1, 0.15) is 11.1 Å². The summed E-state index contributed by atoms with van der Waals surface area (Å²) in [4.78, 5) is 30.7. The van der Waals surface area contributed by atoms with Crippen molar-refractivity contribution < 1.29 is 24.5 Å². The molecule has 2 amide bonds. The average Bonchev–Trinajstić information content (AvgIpc) is 3.17. The van der Waals surface area contributed by atoms with Gasteiger partial charge in [0.2, 0.25) is 5.91 Å². The summed E-state index contributed by atoms with van der Waals surface area (Å²) in [6.07, 6.45) is 6.85. The number of aromatic nitrogens is 1. The van der Waals surface area contributed by atoms with Crippen LogP contribution in [0.2, 0.25) is 0 Å². The summed E-state index contributed by atoms with van der Waals surface area (Å²) in [5.41, 5.74) is 2.23. The van der Waals surface area contributed by atoms with E-state index >= 15 is 0 Å². The normalized spacial score (nSPS) is 16.0. The fraction of sp³-hybridized carbons (Fsp3) is 0.391. The Labute approximate surface area is 195 Å². The van der Waals surface area contributed by atoms with Crippen LogP contribution < -0.4 is 5.32 Å². The van der Waals surface area contributed by atoms with E-state index in [1.165, 1.54) is 29.4 Å². The molecule has 0 saturated carbocycles. The number of carbonyl (C=O) groups excluding carboxylic acids is 2. The van der Waals surface area contributed by atoms with Crippen LogP contribution in [-0.2, 0) is 22.4 Å². The smallest absolute Gasteiger partial charge is 0.409 e. The number of hydrogen-bond acceptors (Lipinski definition) is 8. The van der Waals surface area contributed by atoms with Crippen molar-refractivity contribution in [3.8, 4) is 6.07 Å². The first-order chi connectivity index (χ1) is 15.9. The number of rotatable bonds is 8. The van der Waals surface area contributed by atoms with Crippen LogP contribution in [0.25, 0.3) is 6.08 Å². The van der Waals surface area contributed by atoms with Crippen molar-refractivity contribution in [1.82, 2.24) is 9.88 Å². The van der Waals surface area contributed by atoms with Gasteiger partial charge in [-0.2, -0.15) is 5.26 Å². The van der Waals surface area contributed by atoms with Crippen LogP contribution in [0.4, 0.5) is 9.80 Å². The molecule has 9 nitrogen and oxygen atoms in total. The zero-order valence-electron chi connectivity index (χ0n) is 18.2. The first kappa shape index (κ1) is 24.4. The summed E-state index contributed by atoms with van der Waals surface area (Å²) < 4.78 is 5.36. The largest absolute Gasteiger partial charge is 0.449 e. The van der Waals surface area contributed by atoms with Gasteiger partial charge in [0, 0.05) is 30.4 Å². The van der Waals surface area contributed by atoms with Gasteiger partial charge < -0.3 is 25.2 Å². The summed E-state index contributed by atoms with van der Waals surface area (Å²) >= 11 is 1.38. The Kier molecular flexibility index (Phi) is 8.54. The molecule has 0 saturated heterocycles. The SMILES string of the molecule is CN(CC(O)CO)C(=O)OCC1CCc2c(sc(NC(=O)C=Cc3cccnc3)c2C#N)C1. The van der Waals surface area contributed by atoms with E-state index in [4.69, 9.17) is 9.84 Å². The van der Waals surface area contributed by atoms with Crippen LogP contribution in [-0.4, -0.2) is 65.0 Å². The second-order valence-corrected chi connectivity index (χ2v) is 8.94. The first-order valence-corrected chi connectivity index (χ1v) is 11.3. The van der Waals surface area contributed by atoms with E-state index in [1.54, 1.807) is 24.5 Å². The van der Waals surface area contributed by atoms with Gasteiger partial charge >= 0.3 is 6.09 Å². The van der Waals surface area contributed by atoms with Crippen molar-refractivity contribution in [3.05, 3.63) is 52.2 Å². The highest BCUT2D eigenvalue weighted by atomic mass is 32.1. The zero-order chi connectivity index (χ0) is 23.8. The summed E-state index contributed by atoms with van der Waals surface area (Å²) in [6, 6.07) is 5.83. The molecule has 10 heteroatoms. The summed E-state index contributed by atoms with van der Waals surface area (Å²) in [5, 5.41) is 31.3. The number of aliphatic hydroxyl groups is 2. The number of nitriles is 1. The second kappa shape index (κ2) is 11.6. The molecule has 1 aliphatic rings. The van der Waals surface area contributed by atoms with Gasteiger partial charge in [0.15, 0.2) is 0 Å². The molecule has 0 radical (unpaired) electrons. The van der Waals surface area contributed by atoms with E-state index in [0.29, 0.717) is 23.4 Å². The first-order valence-electron chi connectivity index (χ1n) is 10.5. The molecule has 0 bridgehead atoms. The number of fused-ring (bicyclic) bond motifs is 1. The Bertz CT molecular complexity index is 1050. The maximum Gasteiger partial charge on any atom is 0.409 e. The van der Waals surface area contributed by atoms with Crippen molar-refractivity contribution in [2.24, 2.45) is 5.92 Å². The molecule has 2 atom stereocenters. The molecular formula is C23H26N4O5S. The Hall–Kier alpha value is -3.26. The number of thiophene rings is 1. The molecular weight excluding hydrogens is 444 g/mol. The molecule has 1 aliphatic carbocycles. The number of hydrogen-bond donors (Lipinski definition) is 3. The topological polar surface area (TPSA) is 136 Å². The maximum absolute atomic E-state index is 12.4. The summed E-state index contributed by atoms with van der Waals surface area (Å²) in [6.45, 7) is -0.229. The minimum atomic E-state index is -1.01. The fourth-order valence-electron chi connectivity index (χ4n) is 3.55. The molecule has 0 spiro atoms. The molecule has 33 heavy (non-hydrogen) atoms. The molecule has 0 aliphatic heterocycles. The van der Waals surface area contributed by atoms with Crippen molar-refractivity contribution >= 4 is 34.4 Å². The highest BCUT2D eigenvalue weighted by Gasteiger charge is 2.27. The third-order valence-electron chi connectivity index (χ3n) is 5.28. The number of amides is 2. The van der Waals surface area contributed by atoms with Gasteiger partial charge in [-0.05, 0) is 48.4 Å². The minimum absolute atomic E-state index is 0.0150. The number of carbonyl (C=O) groups is 2. The molecule has 2 aromatic heterocycles. The number of nitrogens with one attached hydrogen (secondary N) is 1. The molecule has 0 fully saturated rings. The number of nitrogens with zero attached hydrogens (tertiary/aromatic N) is 3. The molecule has 2 aromatic rings. The van der Waals surface area contributed by atoms with E-state index in [2.05, 4.69) is 16.4 Å². The quantitative estimate of drug-likeness (QED) is 0.503. The van der Waals surface area contributed by atoms with E-state index in [9.17, 15) is 20.0 Å². The van der Waals surface area contributed by atoms with Gasteiger partial charge in [0.05, 0.1) is 31.4 Å². The van der Waals surface area contributed by atoms with E-state index in [-0.39, 0.29) is 25.0 Å². The van der Waals surface area contributed by atoms with Crippen molar-refractivity contribution in [2.45, 2.75) is 25.4 Å². The highest BCUT2D eigenvalue weighted by Crippen LogP contribution is 2.39. The van der Waals surface area contributed by atoms with Gasteiger partial charge in [-0.1, -0.05) is 6.07 Å². The lowest BCUT2D eigenvalue weighted by molar-refractivity contribution is -0.111. The van der Waals surface area contributed by atoms with E-state index in [1.807, 2.05) is 6.07 Å². The van der Waals surface area contributed by atoms with Crippen LogP contribution in [0, 0.1) is 17.2 Å². The molecule has 0 aromatic carbocycles. The lowest BCUT2D eigenvalue weighted by Crippen LogP contribution is -2.37. The summed E-state index contributed by atoms with van der Waals surface area (Å²) in [7, 11) is 1.50. The number of anilines is 1. The third-order valence-corrected chi connectivity index (χ3v) is 6.45. The molecule has 2 unspecified atom stereocenters. The minimum Gasteiger partial charge on any atom is -0.449 e. The molecule has 3 rings (SSSR count). The Morgan fingerprint density at radius 2 is 2.33 bits per heavy atom. The van der Waals surface area contributed by atoms with Crippen LogP contribution in [0.15, 0.2) is 30.6 Å². The maximum atomic E-state index is 12.4. The predicted molar refractivity (Wildman–Crippen MR) is 124 cm³/mol. The van der Waals surface area contributed by atoms with Crippen molar-refractivity contribution in [1.29, 1.82) is 5.26 Å². The summed E-state index contributed by atoms with van der Waals surface area (Å²) in [5.74, 6) is -0.232. The average molecular weight is 471 g/mol. The van der Waals surface area contributed by atoms with Gasteiger partial charge in [0.25, 0.3) is 0 Å². The zero-order valence-corrected chi connectivity index (χ0v) is 19.0. The van der Waals surface area contributed by atoms with Crippen molar-refractivity contribution in [2.75, 3.05) is 32.1 Å². The Morgan fingerprint density at radius 1 is 1.52 bits per heavy atom. The lowest BCUT2D eigenvalue weighted by Gasteiger charge is -2.24. The predicted octanol–water partition coefficient (Wildman–Crippen LogP) is 2.19.